The van der Waals surface area contributed by atoms with Gasteiger partial charge in [-0.3, -0.25) is 29.7 Å². The molecule has 3 aromatic heterocycles. The van der Waals surface area contributed by atoms with Crippen LogP contribution >= 0.6 is 0 Å². The molecular formula is C39H42CdCl2N6O11. The van der Waals surface area contributed by atoms with Crippen molar-refractivity contribution in [1.82, 2.24) is 29.7 Å². The molecule has 310 valence electrons. The number of pyridine rings is 3. The number of hydrogen-bond donors (Lipinski definition) is 0. The van der Waals surface area contributed by atoms with Gasteiger partial charge in [-0.05, 0) is 72.8 Å². The Balaban J connectivity index is 0.000000627. The topological polar surface area (TPSA) is 261 Å². The number of nitrogens with zero attached hydrogens (tertiary/aromatic N) is 6. The average Bonchev–Trinajstić information content (AvgIpc) is 3.26. The molecule has 7 rings (SSSR count). The number of ether oxygens (including phenoxy) is 3. The normalized spacial score (nSPS) is 14.5. The Morgan fingerprint density at radius 3 is 0.881 bits per heavy atom. The average molecular weight is 954 g/mol. The molecule has 0 spiro atoms. The summed E-state index contributed by atoms with van der Waals surface area (Å²) < 4.78 is 84.2. The van der Waals surface area contributed by atoms with Crippen LogP contribution in [0.5, 0.6) is 17.2 Å². The molecule has 17 nitrogen and oxygen atoms in total. The van der Waals surface area contributed by atoms with Crippen LogP contribution in [0.4, 0.5) is 0 Å². The number of benzene rings is 3. The summed E-state index contributed by atoms with van der Waals surface area (Å²) >= 11 is 0. The molecule has 0 bridgehead atoms. The van der Waals surface area contributed by atoms with Gasteiger partial charge in [0.25, 0.3) is 0 Å². The quantitative estimate of drug-likeness (QED) is 0.128. The minimum atomic E-state index is -4.94. The Kier molecular flexibility index (Phi) is 18.1. The number of halogens is 2. The van der Waals surface area contributed by atoms with Crippen molar-refractivity contribution in [1.29, 1.82) is 0 Å². The van der Waals surface area contributed by atoms with E-state index in [1.54, 1.807) is 21.3 Å². The van der Waals surface area contributed by atoms with Gasteiger partial charge in [-0.1, -0.05) is 18.2 Å². The number of rotatable bonds is 9. The second-order valence-corrected chi connectivity index (χ2v) is 14.7. The van der Waals surface area contributed by atoms with Gasteiger partial charge in [0.1, 0.15) is 17.2 Å². The van der Waals surface area contributed by atoms with Crippen LogP contribution in [-0.2, 0) is 46.9 Å². The van der Waals surface area contributed by atoms with E-state index >= 15 is 0 Å². The number of aromatic nitrogens is 3. The molecule has 1 aliphatic rings. The van der Waals surface area contributed by atoms with Gasteiger partial charge in [-0.2, -0.15) is 0 Å². The first kappa shape index (κ1) is 48.0. The van der Waals surface area contributed by atoms with Gasteiger partial charge in [-0.15, -0.1) is 20.5 Å². The molecule has 1 aliphatic heterocycles. The van der Waals surface area contributed by atoms with Crippen LogP contribution in [0.1, 0.15) is 17.1 Å². The Morgan fingerprint density at radius 1 is 0.424 bits per heavy atom. The van der Waals surface area contributed by atoms with Crippen LogP contribution in [0.25, 0.3) is 32.7 Å². The van der Waals surface area contributed by atoms with Gasteiger partial charge in [0.15, 0.2) is 0 Å². The van der Waals surface area contributed by atoms with Crippen LogP contribution < -0.4 is 51.5 Å². The second kappa shape index (κ2) is 22.3. The summed E-state index contributed by atoms with van der Waals surface area (Å²) in [6, 6.07) is 31.0. The molecule has 1 saturated heterocycles. The maximum Gasteiger partial charge on any atom is 2.00 e. The molecule has 0 aliphatic carbocycles. The molecular weight excluding hydrogens is 912 g/mol. The molecule has 0 amide bonds. The molecule has 1 fully saturated rings. The molecule has 0 radical (unpaired) electrons. The van der Waals surface area contributed by atoms with E-state index < -0.39 is 20.5 Å². The van der Waals surface area contributed by atoms with E-state index in [0.717, 1.165) is 126 Å². The van der Waals surface area contributed by atoms with Crippen molar-refractivity contribution < 1.29 is 99.3 Å². The summed E-state index contributed by atoms with van der Waals surface area (Å²) in [6.45, 7) is 8.01. The molecule has 6 aromatic rings. The smallest absolute Gasteiger partial charge is 0.497 e. The second-order valence-electron chi connectivity index (χ2n) is 13.2. The molecule has 3 aromatic carbocycles. The van der Waals surface area contributed by atoms with Gasteiger partial charge in [-0.25, -0.2) is 37.3 Å². The van der Waals surface area contributed by atoms with E-state index in [1.807, 2.05) is 54.6 Å². The van der Waals surface area contributed by atoms with Gasteiger partial charge in [0.2, 0.25) is 0 Å². The molecule has 0 N–H and O–H groups in total. The zero-order valence-electron chi connectivity index (χ0n) is 32.7. The predicted octanol–water partition coefficient (Wildman–Crippen LogP) is -3.34. The zero-order valence-corrected chi connectivity index (χ0v) is 38.2. The van der Waals surface area contributed by atoms with Crippen molar-refractivity contribution in [3.63, 3.8) is 0 Å². The summed E-state index contributed by atoms with van der Waals surface area (Å²) in [6.07, 6.45) is 0. The summed E-state index contributed by atoms with van der Waals surface area (Å²) in [5.74, 6) is 2.54. The Labute approximate surface area is 365 Å². The van der Waals surface area contributed by atoms with E-state index in [9.17, 15) is 0 Å². The first-order valence-electron chi connectivity index (χ1n) is 17.8. The molecule has 0 atom stereocenters. The third-order valence-electron chi connectivity index (χ3n) is 9.22. The van der Waals surface area contributed by atoms with Crippen LogP contribution in [0.15, 0.2) is 91.0 Å². The maximum atomic E-state index is 8.49. The van der Waals surface area contributed by atoms with E-state index in [4.69, 9.17) is 66.4 Å². The molecule has 20 heteroatoms. The summed E-state index contributed by atoms with van der Waals surface area (Å²) in [7, 11) is -4.80. The summed E-state index contributed by atoms with van der Waals surface area (Å²) in [5.41, 5.74) is 6.18. The van der Waals surface area contributed by atoms with Crippen molar-refractivity contribution in [3.05, 3.63) is 108 Å². The number of fused-ring (bicyclic) bond motifs is 3. The minimum absolute atomic E-state index is 0. The van der Waals surface area contributed by atoms with Crippen molar-refractivity contribution in [2.75, 3.05) is 60.6 Å². The number of hydrogen-bond acceptors (Lipinski definition) is 17. The molecule has 0 unspecified atom stereocenters. The summed E-state index contributed by atoms with van der Waals surface area (Å²) in [5, 5.41) is 3.26. The maximum absolute atomic E-state index is 8.49. The van der Waals surface area contributed by atoms with Crippen LogP contribution in [0.3, 0.4) is 0 Å². The van der Waals surface area contributed by atoms with Crippen molar-refractivity contribution in [2.45, 2.75) is 19.6 Å². The van der Waals surface area contributed by atoms with Crippen LogP contribution in [0, 0.1) is 20.5 Å². The Morgan fingerprint density at radius 2 is 0.661 bits per heavy atom. The standard InChI is InChI=1S/C39H42N6O3.Cd.2ClHO4/c1-46-34-10-13-37-28(22-34)4-7-31(40-37)25-43-16-18-44(26-32-8-5-29-23-35(47-2)11-14-38(29)41-32)20-21-45(19-17-43)27-33-9-6-30-24-36(48-3)12-15-39(30)42-33;;2*2-1(3,4)5/h4-15,22-24H,16-21,25-27H2,1-3H3;;2*(H,2,3,4,5)/q;+2;;/p-2. The minimum Gasteiger partial charge on any atom is -0.497 e. The van der Waals surface area contributed by atoms with Crippen molar-refractivity contribution >= 4 is 32.7 Å². The third kappa shape index (κ3) is 16.4. The van der Waals surface area contributed by atoms with Gasteiger partial charge in [0, 0.05) is 75.1 Å². The molecule has 0 saturated carbocycles. The van der Waals surface area contributed by atoms with Gasteiger partial charge < -0.3 is 14.2 Å². The first-order chi connectivity index (χ1) is 27.5. The van der Waals surface area contributed by atoms with Gasteiger partial charge >= 0.3 is 27.3 Å². The molecule has 4 heterocycles. The van der Waals surface area contributed by atoms with Crippen molar-refractivity contribution in [2.24, 2.45) is 0 Å². The first-order valence-corrected chi connectivity index (χ1v) is 20.2. The third-order valence-corrected chi connectivity index (χ3v) is 9.22. The van der Waals surface area contributed by atoms with E-state index in [2.05, 4.69) is 51.1 Å². The molecule has 59 heavy (non-hydrogen) atoms. The van der Waals surface area contributed by atoms with E-state index in [0.29, 0.717) is 0 Å². The Hall–Kier alpha value is -3.65. The predicted molar refractivity (Wildman–Crippen MR) is 191 cm³/mol. The largest absolute Gasteiger partial charge is 2.00 e. The summed E-state index contributed by atoms with van der Waals surface area (Å²) in [4.78, 5) is 22.6. The SMILES string of the molecule is COc1ccc2nc(CN3CCN(Cc4ccc5cc(OC)ccc5n4)CCN(Cc4ccc5cc(OC)ccc5n4)CC3)ccc2c1.[Cd+2].[O-][Cl+3]([O-])([O-])[O-].[O-][Cl+3]([O-])([O-])[O-]. The Bertz CT molecular complexity index is 2000. The number of methoxy groups -OCH3 is 3. The van der Waals surface area contributed by atoms with Crippen molar-refractivity contribution in [3.8, 4) is 17.2 Å². The fourth-order valence-electron chi connectivity index (χ4n) is 6.43. The van der Waals surface area contributed by atoms with E-state index in [1.165, 1.54) is 0 Å². The zero-order chi connectivity index (χ0) is 41.9. The monoisotopic (exact) mass is 954 g/mol. The van der Waals surface area contributed by atoms with Crippen LogP contribution in [-0.4, -0.2) is 90.2 Å². The van der Waals surface area contributed by atoms with E-state index in [-0.39, 0.29) is 27.3 Å². The fourth-order valence-corrected chi connectivity index (χ4v) is 6.43. The van der Waals surface area contributed by atoms with Gasteiger partial charge in [0.05, 0.1) is 55.0 Å². The fraction of sp³-hybridized carbons (Fsp3) is 0.308. The van der Waals surface area contributed by atoms with Crippen LogP contribution in [0.2, 0.25) is 0 Å².